The second-order valence-electron chi connectivity index (χ2n) is 5.85. The van der Waals surface area contributed by atoms with Crippen LogP contribution in [0.15, 0.2) is 54.9 Å². The summed E-state index contributed by atoms with van der Waals surface area (Å²) in [5.74, 6) is 1.06. The van der Waals surface area contributed by atoms with Crippen LogP contribution in [-0.4, -0.2) is 32.8 Å². The molecular formula is C18H19N5. The van der Waals surface area contributed by atoms with Gasteiger partial charge in [-0.25, -0.2) is 4.98 Å². The van der Waals surface area contributed by atoms with Gasteiger partial charge in [0.05, 0.1) is 6.20 Å². The quantitative estimate of drug-likeness (QED) is 0.581. The summed E-state index contributed by atoms with van der Waals surface area (Å²) >= 11 is 0. The summed E-state index contributed by atoms with van der Waals surface area (Å²) in [4.78, 5) is 6.72. The molecule has 0 aliphatic rings. The zero-order valence-corrected chi connectivity index (χ0v) is 13.3. The molecule has 4 rings (SSSR count). The molecule has 0 bridgehead atoms. The number of aryl methyl sites for hydroxylation is 1. The number of nitrogens with zero attached hydrogens (tertiary/aromatic N) is 5. The van der Waals surface area contributed by atoms with Crippen molar-refractivity contribution in [3.05, 3.63) is 60.6 Å². The number of para-hydroxylation sites is 1. The summed E-state index contributed by atoms with van der Waals surface area (Å²) in [5.41, 5.74) is 3.17. The van der Waals surface area contributed by atoms with E-state index in [0.29, 0.717) is 0 Å². The molecule has 0 unspecified atom stereocenters. The van der Waals surface area contributed by atoms with Gasteiger partial charge in [0.1, 0.15) is 5.82 Å². The molecule has 3 aromatic heterocycles. The molecule has 1 aromatic carbocycles. The van der Waals surface area contributed by atoms with E-state index in [2.05, 4.69) is 69.2 Å². The molecular weight excluding hydrogens is 286 g/mol. The summed E-state index contributed by atoms with van der Waals surface area (Å²) in [5, 5.41) is 5.66. The Morgan fingerprint density at radius 3 is 2.91 bits per heavy atom. The van der Waals surface area contributed by atoms with Gasteiger partial charge in [0, 0.05) is 49.7 Å². The Labute approximate surface area is 134 Å². The van der Waals surface area contributed by atoms with Gasteiger partial charge in [-0.05, 0) is 24.4 Å². The zero-order chi connectivity index (χ0) is 15.8. The van der Waals surface area contributed by atoms with Crippen molar-refractivity contribution in [3.63, 3.8) is 0 Å². The zero-order valence-electron chi connectivity index (χ0n) is 13.3. The maximum absolute atomic E-state index is 4.50. The van der Waals surface area contributed by atoms with Crippen LogP contribution in [0.1, 0.15) is 5.69 Å². The van der Waals surface area contributed by atoms with E-state index in [-0.39, 0.29) is 0 Å². The fourth-order valence-corrected chi connectivity index (χ4v) is 3.00. The van der Waals surface area contributed by atoms with Crippen molar-refractivity contribution in [1.82, 2.24) is 19.2 Å². The van der Waals surface area contributed by atoms with Gasteiger partial charge in [-0.2, -0.15) is 9.61 Å². The molecule has 0 N–H and O–H groups in total. The molecule has 116 valence electrons. The van der Waals surface area contributed by atoms with Gasteiger partial charge >= 0.3 is 0 Å². The molecule has 0 saturated carbocycles. The molecule has 0 radical (unpaired) electrons. The SMILES string of the molecule is Cc1cc(N(C)CCn2ccc3ccccc32)n2nccc2n1. The molecule has 0 saturated heterocycles. The first-order valence-corrected chi connectivity index (χ1v) is 7.79. The first-order chi connectivity index (χ1) is 11.2. The summed E-state index contributed by atoms with van der Waals surface area (Å²) in [6.45, 7) is 3.84. The Balaban J connectivity index is 1.60. The molecule has 4 aromatic rings. The number of fused-ring (bicyclic) bond motifs is 2. The number of aromatic nitrogens is 4. The highest BCUT2D eigenvalue weighted by Gasteiger charge is 2.09. The molecule has 0 aliphatic carbocycles. The van der Waals surface area contributed by atoms with Gasteiger partial charge in [-0.3, -0.25) is 0 Å². The fourth-order valence-electron chi connectivity index (χ4n) is 3.00. The van der Waals surface area contributed by atoms with E-state index in [9.17, 15) is 0 Å². The molecule has 0 atom stereocenters. The van der Waals surface area contributed by atoms with E-state index < -0.39 is 0 Å². The van der Waals surface area contributed by atoms with E-state index in [1.165, 1.54) is 10.9 Å². The first-order valence-electron chi connectivity index (χ1n) is 7.79. The van der Waals surface area contributed by atoms with Crippen LogP contribution >= 0.6 is 0 Å². The predicted octanol–water partition coefficient (Wildman–Crippen LogP) is 3.13. The third kappa shape index (κ3) is 2.44. The predicted molar refractivity (Wildman–Crippen MR) is 92.9 cm³/mol. The lowest BCUT2D eigenvalue weighted by atomic mass is 10.2. The molecule has 0 amide bonds. The lowest BCUT2D eigenvalue weighted by Crippen LogP contribution is -2.25. The molecule has 23 heavy (non-hydrogen) atoms. The average molecular weight is 305 g/mol. The van der Waals surface area contributed by atoms with Gasteiger partial charge in [-0.15, -0.1) is 0 Å². The maximum atomic E-state index is 4.50. The van der Waals surface area contributed by atoms with E-state index in [1.54, 1.807) is 6.20 Å². The van der Waals surface area contributed by atoms with E-state index in [0.717, 1.165) is 30.2 Å². The number of rotatable bonds is 4. The summed E-state index contributed by atoms with van der Waals surface area (Å²) in [7, 11) is 2.10. The third-order valence-electron chi connectivity index (χ3n) is 4.22. The number of hydrogen-bond donors (Lipinski definition) is 0. The minimum Gasteiger partial charge on any atom is -0.358 e. The second-order valence-corrected chi connectivity index (χ2v) is 5.85. The van der Waals surface area contributed by atoms with Crippen molar-refractivity contribution in [3.8, 4) is 0 Å². The maximum Gasteiger partial charge on any atom is 0.157 e. The van der Waals surface area contributed by atoms with Crippen LogP contribution in [0.5, 0.6) is 0 Å². The number of anilines is 1. The Bertz CT molecular complexity index is 966. The van der Waals surface area contributed by atoms with Crippen molar-refractivity contribution < 1.29 is 0 Å². The van der Waals surface area contributed by atoms with Crippen molar-refractivity contribution in [2.45, 2.75) is 13.5 Å². The molecule has 0 spiro atoms. The van der Waals surface area contributed by atoms with Crippen LogP contribution < -0.4 is 4.90 Å². The highest BCUT2D eigenvalue weighted by Crippen LogP contribution is 2.18. The van der Waals surface area contributed by atoms with Crippen LogP contribution in [0, 0.1) is 6.92 Å². The van der Waals surface area contributed by atoms with Gasteiger partial charge in [-0.1, -0.05) is 18.2 Å². The fraction of sp³-hybridized carbons (Fsp3) is 0.222. The largest absolute Gasteiger partial charge is 0.358 e. The highest BCUT2D eigenvalue weighted by molar-refractivity contribution is 5.79. The summed E-state index contributed by atoms with van der Waals surface area (Å²) in [6.07, 6.45) is 3.94. The highest BCUT2D eigenvalue weighted by atomic mass is 15.3. The lowest BCUT2D eigenvalue weighted by molar-refractivity contribution is 0.694. The minimum absolute atomic E-state index is 0.887. The molecule has 3 heterocycles. The van der Waals surface area contributed by atoms with Crippen LogP contribution in [0.25, 0.3) is 16.6 Å². The molecule has 5 nitrogen and oxygen atoms in total. The van der Waals surface area contributed by atoms with Crippen LogP contribution in [-0.2, 0) is 6.54 Å². The topological polar surface area (TPSA) is 38.4 Å². The normalized spacial score (nSPS) is 11.4. The Kier molecular flexibility index (Phi) is 3.26. The molecule has 0 aliphatic heterocycles. The third-order valence-corrected chi connectivity index (χ3v) is 4.22. The van der Waals surface area contributed by atoms with E-state index >= 15 is 0 Å². The summed E-state index contributed by atoms with van der Waals surface area (Å²) < 4.78 is 4.18. The number of benzene rings is 1. The van der Waals surface area contributed by atoms with Gasteiger partial charge in [0.15, 0.2) is 5.65 Å². The Morgan fingerprint density at radius 2 is 2.00 bits per heavy atom. The van der Waals surface area contributed by atoms with E-state index in [4.69, 9.17) is 0 Å². The van der Waals surface area contributed by atoms with Crippen molar-refractivity contribution in [2.24, 2.45) is 0 Å². The van der Waals surface area contributed by atoms with Gasteiger partial charge in [0.25, 0.3) is 0 Å². The van der Waals surface area contributed by atoms with Crippen LogP contribution in [0.2, 0.25) is 0 Å². The van der Waals surface area contributed by atoms with Crippen molar-refractivity contribution in [2.75, 3.05) is 18.5 Å². The molecule has 5 heteroatoms. The van der Waals surface area contributed by atoms with E-state index in [1.807, 2.05) is 17.5 Å². The number of likely N-dealkylation sites (N-methyl/N-ethyl adjacent to an activating group) is 1. The Morgan fingerprint density at radius 1 is 1.13 bits per heavy atom. The molecule has 0 fully saturated rings. The monoisotopic (exact) mass is 305 g/mol. The van der Waals surface area contributed by atoms with Gasteiger partial charge in [0.2, 0.25) is 0 Å². The second kappa shape index (κ2) is 5.43. The van der Waals surface area contributed by atoms with Gasteiger partial charge < -0.3 is 9.47 Å². The summed E-state index contributed by atoms with van der Waals surface area (Å²) in [6, 6.07) is 14.6. The van der Waals surface area contributed by atoms with Crippen LogP contribution in [0.3, 0.4) is 0 Å². The lowest BCUT2D eigenvalue weighted by Gasteiger charge is -2.21. The van der Waals surface area contributed by atoms with Crippen molar-refractivity contribution in [1.29, 1.82) is 0 Å². The first kappa shape index (κ1) is 13.8. The smallest absolute Gasteiger partial charge is 0.157 e. The standard InChI is InChI=1S/C18H19N5/c1-14-13-18(23-17(20-14)7-9-19-23)21(2)11-12-22-10-8-15-5-3-4-6-16(15)22/h3-10,13H,11-12H2,1-2H3. The van der Waals surface area contributed by atoms with Crippen molar-refractivity contribution >= 4 is 22.4 Å². The average Bonchev–Trinajstić information content (AvgIpc) is 3.18. The number of hydrogen-bond acceptors (Lipinski definition) is 3. The van der Waals surface area contributed by atoms with Crippen LogP contribution in [0.4, 0.5) is 5.82 Å². The minimum atomic E-state index is 0.887. The Hall–Kier alpha value is -2.82.